The zero-order valence-corrected chi connectivity index (χ0v) is 22.0. The third kappa shape index (κ3) is 21.4. The van der Waals surface area contributed by atoms with Gasteiger partial charge in [-0.2, -0.15) is 0 Å². The van der Waals surface area contributed by atoms with Crippen molar-refractivity contribution in [3.8, 4) is 0 Å². The molecule has 0 bridgehead atoms. The van der Waals surface area contributed by atoms with Gasteiger partial charge in [0.15, 0.2) is 0 Å². The minimum absolute atomic E-state index is 0.961. The van der Waals surface area contributed by atoms with E-state index < -0.39 is 0 Å². The normalized spacial score (nSPS) is 13.4. The average molecular weight is 426 g/mol. The van der Waals surface area contributed by atoms with Crippen LogP contribution in [-0.4, -0.2) is 13.1 Å². The topological polar surface area (TPSA) is 12.0 Å². The molecule has 0 unspecified atom stereocenters. The van der Waals surface area contributed by atoms with E-state index in [2.05, 4.69) is 97.2 Å². The van der Waals surface area contributed by atoms with Gasteiger partial charge in [0.2, 0.25) is 0 Å². The summed E-state index contributed by atoms with van der Waals surface area (Å²) in [6.45, 7) is 19.6. The van der Waals surface area contributed by atoms with Gasteiger partial charge in [0, 0.05) is 13.1 Å². The summed E-state index contributed by atoms with van der Waals surface area (Å²) < 4.78 is 0. The number of hydrogen-bond donors (Lipinski definition) is 1. The molecule has 0 fully saturated rings. The van der Waals surface area contributed by atoms with Gasteiger partial charge in [-0.3, -0.25) is 0 Å². The van der Waals surface area contributed by atoms with Gasteiger partial charge in [-0.25, -0.2) is 0 Å². The van der Waals surface area contributed by atoms with Gasteiger partial charge in [0.05, 0.1) is 0 Å². The van der Waals surface area contributed by atoms with Gasteiger partial charge >= 0.3 is 0 Å². The second-order valence-electron chi connectivity index (χ2n) is 9.58. The lowest BCUT2D eigenvalue weighted by Gasteiger charge is -2.04. The zero-order chi connectivity index (χ0) is 23.5. The van der Waals surface area contributed by atoms with E-state index in [9.17, 15) is 0 Å². The Morgan fingerprint density at radius 2 is 0.710 bits per heavy atom. The highest BCUT2D eigenvalue weighted by molar-refractivity contribution is 5.07. The predicted molar refractivity (Wildman–Crippen MR) is 144 cm³/mol. The van der Waals surface area contributed by atoms with Gasteiger partial charge in [0.25, 0.3) is 0 Å². The third-order valence-corrected chi connectivity index (χ3v) is 5.44. The van der Waals surface area contributed by atoms with Crippen molar-refractivity contribution in [1.29, 1.82) is 0 Å². The molecular formula is C30H51N. The van der Waals surface area contributed by atoms with Crippen molar-refractivity contribution in [2.24, 2.45) is 0 Å². The molecule has 1 nitrogen and oxygen atoms in total. The summed E-state index contributed by atoms with van der Waals surface area (Å²) in [4.78, 5) is 0. The van der Waals surface area contributed by atoms with Crippen LogP contribution in [0.4, 0.5) is 0 Å². The molecule has 0 aromatic heterocycles. The predicted octanol–water partition coefficient (Wildman–Crippen LogP) is 9.41. The molecule has 0 aromatic rings. The van der Waals surface area contributed by atoms with Crippen LogP contribution in [-0.2, 0) is 0 Å². The van der Waals surface area contributed by atoms with Gasteiger partial charge in [-0.05, 0) is 107 Å². The Kier molecular flexibility index (Phi) is 18.1. The summed E-state index contributed by atoms with van der Waals surface area (Å²) in [6.07, 6.45) is 23.5. The summed E-state index contributed by atoms with van der Waals surface area (Å²) in [5, 5.41) is 3.53. The lowest BCUT2D eigenvalue weighted by atomic mass is 10.1. The molecule has 1 N–H and O–H groups in total. The van der Waals surface area contributed by atoms with Gasteiger partial charge < -0.3 is 5.32 Å². The minimum atomic E-state index is 0.961. The fourth-order valence-electron chi connectivity index (χ4n) is 3.25. The number of allylic oxidation sites excluding steroid dienone is 10. The van der Waals surface area contributed by atoms with E-state index in [1.54, 1.807) is 0 Å². The van der Waals surface area contributed by atoms with E-state index in [4.69, 9.17) is 0 Å². The Labute approximate surface area is 195 Å². The lowest BCUT2D eigenvalue weighted by Crippen LogP contribution is -2.13. The van der Waals surface area contributed by atoms with Crippen molar-refractivity contribution < 1.29 is 0 Å². The molecule has 0 aliphatic rings. The van der Waals surface area contributed by atoms with E-state index in [0.717, 1.165) is 38.8 Å². The van der Waals surface area contributed by atoms with Crippen LogP contribution in [0.15, 0.2) is 69.9 Å². The summed E-state index contributed by atoms with van der Waals surface area (Å²) in [7, 11) is 0. The van der Waals surface area contributed by atoms with Crippen molar-refractivity contribution in [3.05, 3.63) is 69.9 Å². The van der Waals surface area contributed by atoms with Crippen LogP contribution in [0.25, 0.3) is 0 Å². The van der Waals surface area contributed by atoms with Crippen molar-refractivity contribution in [2.75, 3.05) is 13.1 Å². The van der Waals surface area contributed by atoms with Crippen molar-refractivity contribution >= 4 is 0 Å². The highest BCUT2D eigenvalue weighted by Crippen LogP contribution is 2.12. The van der Waals surface area contributed by atoms with Crippen molar-refractivity contribution in [2.45, 2.75) is 107 Å². The molecule has 0 saturated heterocycles. The minimum Gasteiger partial charge on any atom is -0.310 e. The lowest BCUT2D eigenvalue weighted by molar-refractivity contribution is 0.818. The second-order valence-corrected chi connectivity index (χ2v) is 9.58. The molecule has 31 heavy (non-hydrogen) atoms. The maximum absolute atomic E-state index is 3.53. The summed E-state index contributed by atoms with van der Waals surface area (Å²) in [5.74, 6) is 0. The van der Waals surface area contributed by atoms with E-state index in [1.807, 2.05) is 0 Å². The molecule has 0 amide bonds. The molecule has 0 spiro atoms. The van der Waals surface area contributed by atoms with Gasteiger partial charge in [-0.15, -0.1) is 0 Å². The fourth-order valence-corrected chi connectivity index (χ4v) is 3.25. The third-order valence-electron chi connectivity index (χ3n) is 5.44. The summed E-state index contributed by atoms with van der Waals surface area (Å²) in [5.41, 5.74) is 8.83. The van der Waals surface area contributed by atoms with Crippen LogP contribution in [0.2, 0.25) is 0 Å². The molecule has 0 radical (unpaired) electrons. The molecule has 0 aromatic carbocycles. The first-order valence-corrected chi connectivity index (χ1v) is 12.3. The molecule has 0 rings (SSSR count). The van der Waals surface area contributed by atoms with E-state index >= 15 is 0 Å². The zero-order valence-electron chi connectivity index (χ0n) is 22.0. The maximum Gasteiger partial charge on any atom is 0.0140 e. The highest BCUT2D eigenvalue weighted by Gasteiger charge is 1.94. The standard InChI is InChI=1S/C30H51N/c1-25(2)13-9-15-27(5)17-11-19-29(7)21-23-31-24-22-30(8)20-12-18-28(6)16-10-14-26(3)4/h13-14,17-18,21-22,31H,9-12,15-16,19-20,23-24H2,1-8H3/b27-17+,28-18+,29-21+,30-22+. The van der Waals surface area contributed by atoms with Crippen LogP contribution in [0.1, 0.15) is 107 Å². The monoisotopic (exact) mass is 425 g/mol. The Balaban J connectivity index is 3.98. The Morgan fingerprint density at radius 1 is 0.419 bits per heavy atom. The quantitative estimate of drug-likeness (QED) is 0.192. The summed E-state index contributed by atoms with van der Waals surface area (Å²) in [6, 6.07) is 0. The molecule has 176 valence electrons. The van der Waals surface area contributed by atoms with Crippen LogP contribution < -0.4 is 5.32 Å². The maximum atomic E-state index is 3.53. The SMILES string of the molecule is CC(C)=CCC/C(C)=C/CC/C(C)=C/CNC/C=C(\C)CC/C=C(\C)CCC=C(C)C. The van der Waals surface area contributed by atoms with E-state index in [0.29, 0.717) is 0 Å². The molecule has 0 aliphatic heterocycles. The molecule has 0 saturated carbocycles. The largest absolute Gasteiger partial charge is 0.310 e. The van der Waals surface area contributed by atoms with Gasteiger partial charge in [0.1, 0.15) is 0 Å². The van der Waals surface area contributed by atoms with E-state index in [1.165, 1.54) is 59.1 Å². The van der Waals surface area contributed by atoms with Crippen LogP contribution in [0, 0.1) is 0 Å². The van der Waals surface area contributed by atoms with E-state index in [-0.39, 0.29) is 0 Å². The first-order chi connectivity index (χ1) is 14.7. The molecule has 0 aliphatic carbocycles. The summed E-state index contributed by atoms with van der Waals surface area (Å²) >= 11 is 0. The number of hydrogen-bond acceptors (Lipinski definition) is 1. The molecule has 0 atom stereocenters. The Morgan fingerprint density at radius 3 is 1.03 bits per heavy atom. The van der Waals surface area contributed by atoms with Crippen LogP contribution >= 0.6 is 0 Å². The smallest absolute Gasteiger partial charge is 0.0140 e. The van der Waals surface area contributed by atoms with Gasteiger partial charge in [-0.1, -0.05) is 69.9 Å². The number of rotatable bonds is 16. The van der Waals surface area contributed by atoms with Crippen LogP contribution in [0.5, 0.6) is 0 Å². The first kappa shape index (κ1) is 29.4. The average Bonchev–Trinajstić information content (AvgIpc) is 2.67. The second kappa shape index (κ2) is 19.1. The molecular weight excluding hydrogens is 374 g/mol. The first-order valence-electron chi connectivity index (χ1n) is 12.3. The molecule has 1 heteroatoms. The highest BCUT2D eigenvalue weighted by atomic mass is 14.8. The fraction of sp³-hybridized carbons (Fsp3) is 0.600. The number of nitrogens with one attached hydrogen (secondary N) is 1. The molecule has 0 heterocycles. The van der Waals surface area contributed by atoms with Crippen molar-refractivity contribution in [1.82, 2.24) is 5.32 Å². The Hall–Kier alpha value is -1.60. The van der Waals surface area contributed by atoms with Crippen LogP contribution in [0.3, 0.4) is 0 Å². The van der Waals surface area contributed by atoms with Crippen molar-refractivity contribution in [3.63, 3.8) is 0 Å². The Bertz CT molecular complexity index is 599.